The van der Waals surface area contributed by atoms with Gasteiger partial charge in [0.05, 0.1) is 0 Å². The number of hydrogen-bond donors (Lipinski definition) is 1. The second kappa shape index (κ2) is 7.49. The lowest BCUT2D eigenvalue weighted by molar-refractivity contribution is 0.472. The SMILES string of the molecule is CCCCC(CC)CNc1nc(Cl)ncc1C. The van der Waals surface area contributed by atoms with Crippen LogP contribution in [-0.2, 0) is 0 Å². The van der Waals surface area contributed by atoms with E-state index >= 15 is 0 Å². The van der Waals surface area contributed by atoms with Crippen LogP contribution in [0.5, 0.6) is 0 Å². The highest BCUT2D eigenvalue weighted by Crippen LogP contribution is 2.16. The van der Waals surface area contributed by atoms with E-state index in [1.54, 1.807) is 6.20 Å². The first-order valence-corrected chi connectivity index (χ1v) is 6.78. The highest BCUT2D eigenvalue weighted by molar-refractivity contribution is 6.28. The van der Waals surface area contributed by atoms with Gasteiger partial charge in [0.1, 0.15) is 5.82 Å². The van der Waals surface area contributed by atoms with Gasteiger partial charge in [-0.3, -0.25) is 0 Å². The molecule has 1 atom stereocenters. The van der Waals surface area contributed by atoms with E-state index in [0.29, 0.717) is 11.2 Å². The molecule has 0 radical (unpaired) electrons. The Morgan fingerprint density at radius 3 is 2.82 bits per heavy atom. The van der Waals surface area contributed by atoms with Crippen molar-refractivity contribution in [1.82, 2.24) is 9.97 Å². The molecule has 4 heteroatoms. The summed E-state index contributed by atoms with van der Waals surface area (Å²) in [7, 11) is 0. The molecular weight excluding hydrogens is 234 g/mol. The molecule has 1 heterocycles. The lowest BCUT2D eigenvalue weighted by atomic mass is 9.99. The van der Waals surface area contributed by atoms with E-state index in [-0.39, 0.29) is 0 Å². The Kier molecular flexibility index (Phi) is 6.27. The molecule has 17 heavy (non-hydrogen) atoms. The van der Waals surface area contributed by atoms with E-state index in [9.17, 15) is 0 Å². The van der Waals surface area contributed by atoms with E-state index in [1.807, 2.05) is 6.92 Å². The Balaban J connectivity index is 2.50. The second-order valence-electron chi connectivity index (χ2n) is 4.47. The summed E-state index contributed by atoms with van der Waals surface area (Å²) in [5.41, 5.74) is 1.04. The number of anilines is 1. The molecule has 96 valence electrons. The van der Waals surface area contributed by atoms with Crippen LogP contribution in [0.15, 0.2) is 6.20 Å². The quantitative estimate of drug-likeness (QED) is 0.747. The lowest BCUT2D eigenvalue weighted by Gasteiger charge is -2.16. The molecule has 0 saturated heterocycles. The van der Waals surface area contributed by atoms with Crippen LogP contribution in [0, 0.1) is 12.8 Å². The first-order valence-electron chi connectivity index (χ1n) is 6.40. The van der Waals surface area contributed by atoms with E-state index in [4.69, 9.17) is 11.6 Å². The largest absolute Gasteiger partial charge is 0.369 e. The maximum absolute atomic E-state index is 5.79. The van der Waals surface area contributed by atoms with Crippen molar-refractivity contribution in [2.24, 2.45) is 5.92 Å². The highest BCUT2D eigenvalue weighted by Gasteiger charge is 2.07. The summed E-state index contributed by atoms with van der Waals surface area (Å²) in [4.78, 5) is 8.15. The summed E-state index contributed by atoms with van der Waals surface area (Å²) in [6.07, 6.45) is 6.78. The van der Waals surface area contributed by atoms with Crippen LogP contribution in [0.25, 0.3) is 0 Å². The summed E-state index contributed by atoms with van der Waals surface area (Å²) in [6, 6.07) is 0. The van der Waals surface area contributed by atoms with E-state index in [0.717, 1.165) is 17.9 Å². The van der Waals surface area contributed by atoms with Crippen LogP contribution in [0.1, 0.15) is 45.1 Å². The number of halogens is 1. The third-order valence-electron chi connectivity index (χ3n) is 3.04. The van der Waals surface area contributed by atoms with Crippen molar-refractivity contribution in [2.75, 3.05) is 11.9 Å². The van der Waals surface area contributed by atoms with Crippen LogP contribution in [0.4, 0.5) is 5.82 Å². The first-order chi connectivity index (χ1) is 8.17. The Morgan fingerprint density at radius 1 is 1.41 bits per heavy atom. The zero-order valence-corrected chi connectivity index (χ0v) is 11.7. The van der Waals surface area contributed by atoms with Crippen molar-refractivity contribution >= 4 is 17.4 Å². The Labute approximate surface area is 109 Å². The van der Waals surface area contributed by atoms with Gasteiger partial charge in [0.2, 0.25) is 5.28 Å². The number of hydrogen-bond acceptors (Lipinski definition) is 3. The van der Waals surface area contributed by atoms with Crippen LogP contribution in [-0.4, -0.2) is 16.5 Å². The average molecular weight is 256 g/mol. The molecule has 0 saturated carbocycles. The predicted octanol–water partition coefficient (Wildman–Crippen LogP) is 4.07. The van der Waals surface area contributed by atoms with Crippen molar-refractivity contribution in [3.8, 4) is 0 Å². The number of unbranched alkanes of at least 4 members (excludes halogenated alkanes) is 1. The third kappa shape index (κ3) is 4.90. The van der Waals surface area contributed by atoms with Gasteiger partial charge in [0.25, 0.3) is 0 Å². The molecule has 3 nitrogen and oxygen atoms in total. The molecule has 0 amide bonds. The molecular formula is C13H22ClN3. The Morgan fingerprint density at radius 2 is 2.18 bits per heavy atom. The maximum atomic E-state index is 5.79. The van der Waals surface area contributed by atoms with E-state index < -0.39 is 0 Å². The lowest BCUT2D eigenvalue weighted by Crippen LogP contribution is -2.15. The molecule has 1 N–H and O–H groups in total. The fourth-order valence-corrected chi connectivity index (χ4v) is 1.92. The molecule has 0 fully saturated rings. The smallest absolute Gasteiger partial charge is 0.224 e. The molecule has 0 bridgehead atoms. The van der Waals surface area contributed by atoms with Crippen LogP contribution < -0.4 is 5.32 Å². The van der Waals surface area contributed by atoms with Gasteiger partial charge in [-0.2, -0.15) is 0 Å². The summed E-state index contributed by atoms with van der Waals surface area (Å²) < 4.78 is 0. The van der Waals surface area contributed by atoms with Gasteiger partial charge in [-0.15, -0.1) is 0 Å². The summed E-state index contributed by atoms with van der Waals surface area (Å²) in [5, 5.41) is 3.68. The minimum Gasteiger partial charge on any atom is -0.369 e. The van der Waals surface area contributed by atoms with E-state index in [2.05, 4.69) is 29.1 Å². The van der Waals surface area contributed by atoms with Gasteiger partial charge < -0.3 is 5.32 Å². The molecule has 0 aliphatic rings. The van der Waals surface area contributed by atoms with Gasteiger partial charge in [-0.1, -0.05) is 33.1 Å². The number of nitrogens with zero attached hydrogens (tertiary/aromatic N) is 2. The van der Waals surface area contributed by atoms with Crippen LogP contribution in [0.3, 0.4) is 0 Å². The van der Waals surface area contributed by atoms with E-state index in [1.165, 1.54) is 25.7 Å². The topological polar surface area (TPSA) is 37.8 Å². The predicted molar refractivity (Wildman–Crippen MR) is 73.6 cm³/mol. The Bertz CT molecular complexity index is 341. The third-order valence-corrected chi connectivity index (χ3v) is 3.23. The van der Waals surface area contributed by atoms with Gasteiger partial charge in [-0.25, -0.2) is 9.97 Å². The molecule has 1 rings (SSSR count). The number of rotatable bonds is 7. The van der Waals surface area contributed by atoms with Crippen molar-refractivity contribution in [3.05, 3.63) is 17.0 Å². The number of nitrogens with one attached hydrogen (secondary N) is 1. The minimum absolute atomic E-state index is 0.305. The Hall–Kier alpha value is -0.830. The molecule has 0 aliphatic heterocycles. The zero-order valence-electron chi connectivity index (χ0n) is 11.0. The standard InChI is InChI=1S/C13H22ClN3/c1-4-6-7-11(5-2)9-15-12-10(3)8-16-13(14)17-12/h8,11H,4-7,9H2,1-3H3,(H,15,16,17). The minimum atomic E-state index is 0.305. The van der Waals surface area contributed by atoms with Crippen LogP contribution >= 0.6 is 11.6 Å². The second-order valence-corrected chi connectivity index (χ2v) is 4.81. The molecule has 1 unspecified atom stereocenters. The van der Waals surface area contributed by atoms with Crippen molar-refractivity contribution < 1.29 is 0 Å². The van der Waals surface area contributed by atoms with Gasteiger partial charge in [0.15, 0.2) is 0 Å². The van der Waals surface area contributed by atoms with Crippen molar-refractivity contribution in [1.29, 1.82) is 0 Å². The molecule has 1 aromatic rings. The number of aromatic nitrogens is 2. The van der Waals surface area contributed by atoms with Crippen LogP contribution in [0.2, 0.25) is 5.28 Å². The fraction of sp³-hybridized carbons (Fsp3) is 0.692. The number of aryl methyl sites for hydroxylation is 1. The zero-order chi connectivity index (χ0) is 12.7. The molecule has 0 spiro atoms. The normalized spacial score (nSPS) is 12.5. The summed E-state index contributed by atoms with van der Waals surface area (Å²) in [6.45, 7) is 7.42. The monoisotopic (exact) mass is 255 g/mol. The van der Waals surface area contributed by atoms with Gasteiger partial charge in [-0.05, 0) is 30.9 Å². The first kappa shape index (κ1) is 14.2. The molecule has 0 aromatic carbocycles. The van der Waals surface area contributed by atoms with Gasteiger partial charge >= 0.3 is 0 Å². The average Bonchev–Trinajstić information content (AvgIpc) is 2.33. The molecule has 1 aromatic heterocycles. The summed E-state index contributed by atoms with van der Waals surface area (Å²) >= 11 is 5.79. The summed E-state index contributed by atoms with van der Waals surface area (Å²) in [5.74, 6) is 1.57. The maximum Gasteiger partial charge on any atom is 0.224 e. The van der Waals surface area contributed by atoms with Crippen molar-refractivity contribution in [3.63, 3.8) is 0 Å². The molecule has 0 aliphatic carbocycles. The highest BCUT2D eigenvalue weighted by atomic mass is 35.5. The van der Waals surface area contributed by atoms with Gasteiger partial charge in [0, 0.05) is 18.3 Å². The van der Waals surface area contributed by atoms with Crippen molar-refractivity contribution in [2.45, 2.75) is 46.5 Å². The fourth-order valence-electron chi connectivity index (χ4n) is 1.78.